The average molecular weight is 259 g/mol. The van der Waals surface area contributed by atoms with Gasteiger partial charge in [0.05, 0.1) is 5.69 Å². The van der Waals surface area contributed by atoms with E-state index in [2.05, 4.69) is 25.8 Å². The monoisotopic (exact) mass is 259 g/mol. The van der Waals surface area contributed by atoms with Crippen molar-refractivity contribution < 1.29 is 9.90 Å². The first-order valence-corrected chi connectivity index (χ1v) is 7.31. The van der Waals surface area contributed by atoms with Crippen LogP contribution in [0.5, 0.6) is 0 Å². The summed E-state index contributed by atoms with van der Waals surface area (Å²) < 4.78 is 0. The molecule has 5 heteroatoms. The maximum atomic E-state index is 11.1. The van der Waals surface area contributed by atoms with Gasteiger partial charge in [-0.1, -0.05) is 20.8 Å². The molecule has 1 rings (SSSR count). The number of carbonyl (C=O) groups is 1. The molecule has 0 saturated carbocycles. The molecule has 90 valence electrons. The molecule has 0 atom stereocenters. The Morgan fingerprint density at radius 1 is 1.56 bits per heavy atom. The quantitative estimate of drug-likeness (QED) is 0.851. The zero-order valence-corrected chi connectivity index (χ0v) is 11.5. The number of thiazole rings is 1. The Labute approximate surface area is 104 Å². The number of hydrogen-bond donors (Lipinski definition) is 1. The van der Waals surface area contributed by atoms with E-state index >= 15 is 0 Å². The highest BCUT2D eigenvalue weighted by atomic mass is 32.2. The number of rotatable bonds is 6. The number of hydrogen-bond acceptors (Lipinski definition) is 4. The van der Waals surface area contributed by atoms with E-state index in [1.54, 1.807) is 11.8 Å². The first-order chi connectivity index (χ1) is 7.54. The lowest BCUT2D eigenvalue weighted by Gasteiger charge is -2.01. The zero-order chi connectivity index (χ0) is 12.1. The van der Waals surface area contributed by atoms with Crippen LogP contribution in [0.25, 0.3) is 0 Å². The van der Waals surface area contributed by atoms with E-state index in [4.69, 9.17) is 5.11 Å². The fraction of sp³-hybridized carbons (Fsp3) is 0.636. The summed E-state index contributed by atoms with van der Waals surface area (Å²) in [5.74, 6) is 1.44. The number of carboxylic acids is 1. The Morgan fingerprint density at radius 2 is 2.25 bits per heavy atom. The molecule has 0 aliphatic heterocycles. The first-order valence-electron chi connectivity index (χ1n) is 5.34. The fourth-order valence-corrected chi connectivity index (χ4v) is 3.00. The first kappa shape index (κ1) is 13.5. The smallest absolute Gasteiger partial charge is 0.347 e. The van der Waals surface area contributed by atoms with Crippen molar-refractivity contribution in [1.82, 2.24) is 4.98 Å². The van der Waals surface area contributed by atoms with Gasteiger partial charge in [0, 0.05) is 5.75 Å². The molecule has 16 heavy (non-hydrogen) atoms. The van der Waals surface area contributed by atoms with Crippen LogP contribution >= 0.6 is 23.1 Å². The molecule has 0 amide bonds. The predicted octanol–water partition coefficient (Wildman–Crippen LogP) is 3.29. The van der Waals surface area contributed by atoms with Crippen molar-refractivity contribution in [3.8, 4) is 0 Å². The van der Waals surface area contributed by atoms with Gasteiger partial charge >= 0.3 is 5.97 Å². The lowest BCUT2D eigenvalue weighted by molar-refractivity contribution is 0.0700. The highest BCUT2D eigenvalue weighted by Crippen LogP contribution is 2.24. The molecular weight excluding hydrogens is 242 g/mol. The molecule has 0 unspecified atom stereocenters. The van der Waals surface area contributed by atoms with Gasteiger partial charge in [0.1, 0.15) is 9.88 Å². The Morgan fingerprint density at radius 3 is 2.75 bits per heavy atom. The van der Waals surface area contributed by atoms with Crippen LogP contribution in [-0.4, -0.2) is 21.8 Å². The Hall–Kier alpha value is -0.550. The van der Waals surface area contributed by atoms with Crippen molar-refractivity contribution >= 4 is 29.1 Å². The number of nitrogens with zero attached hydrogens (tertiary/aromatic N) is 1. The van der Waals surface area contributed by atoms with Crippen LogP contribution in [-0.2, 0) is 12.2 Å². The van der Waals surface area contributed by atoms with Gasteiger partial charge in [0.25, 0.3) is 0 Å². The van der Waals surface area contributed by atoms with Crippen LogP contribution in [0.1, 0.15) is 41.1 Å². The second kappa shape index (κ2) is 6.25. The molecule has 1 heterocycles. The van der Waals surface area contributed by atoms with Gasteiger partial charge in [-0.15, -0.1) is 11.3 Å². The Balaban J connectivity index is 2.86. The molecular formula is C11H17NO2S2. The van der Waals surface area contributed by atoms with Crippen LogP contribution in [0.4, 0.5) is 0 Å². The van der Waals surface area contributed by atoms with E-state index in [1.165, 1.54) is 11.3 Å². The summed E-state index contributed by atoms with van der Waals surface area (Å²) in [6.07, 6.45) is 0.745. The van der Waals surface area contributed by atoms with Crippen LogP contribution in [0.2, 0.25) is 0 Å². The van der Waals surface area contributed by atoms with Crippen molar-refractivity contribution in [2.24, 2.45) is 5.92 Å². The van der Waals surface area contributed by atoms with Gasteiger partial charge in [-0.2, -0.15) is 11.8 Å². The van der Waals surface area contributed by atoms with Crippen LogP contribution in [0.3, 0.4) is 0 Å². The molecule has 0 aliphatic carbocycles. The van der Waals surface area contributed by atoms with Gasteiger partial charge in [-0.05, 0) is 18.1 Å². The summed E-state index contributed by atoms with van der Waals surface area (Å²) >= 11 is 3.09. The molecule has 0 bridgehead atoms. The number of carboxylic acid groups (broad SMARTS) is 1. The van der Waals surface area contributed by atoms with Crippen molar-refractivity contribution in [1.29, 1.82) is 0 Å². The van der Waals surface area contributed by atoms with Crippen LogP contribution in [0.15, 0.2) is 0 Å². The average Bonchev–Trinajstić information content (AvgIpc) is 2.57. The maximum Gasteiger partial charge on any atom is 0.347 e. The lowest BCUT2D eigenvalue weighted by atomic mass is 10.1. The van der Waals surface area contributed by atoms with E-state index in [-0.39, 0.29) is 0 Å². The third-order valence-corrected chi connectivity index (χ3v) is 4.12. The summed E-state index contributed by atoms with van der Waals surface area (Å²) in [6.45, 7) is 6.24. The lowest BCUT2D eigenvalue weighted by Crippen LogP contribution is -2.02. The summed E-state index contributed by atoms with van der Waals surface area (Å²) in [5.41, 5.74) is 0.749. The van der Waals surface area contributed by atoms with Gasteiger partial charge in [-0.3, -0.25) is 0 Å². The maximum absolute atomic E-state index is 11.1. The Kier molecular flexibility index (Phi) is 5.28. The van der Waals surface area contributed by atoms with Gasteiger partial charge in [-0.25, -0.2) is 9.78 Å². The molecule has 1 aromatic heterocycles. The summed E-state index contributed by atoms with van der Waals surface area (Å²) in [5, 5.41) is 10.0. The molecule has 0 saturated heterocycles. The predicted molar refractivity (Wildman–Crippen MR) is 69.5 cm³/mol. The highest BCUT2D eigenvalue weighted by molar-refractivity contribution is 7.98. The van der Waals surface area contributed by atoms with Crippen molar-refractivity contribution in [2.45, 2.75) is 32.9 Å². The summed E-state index contributed by atoms with van der Waals surface area (Å²) in [6, 6.07) is 0. The largest absolute Gasteiger partial charge is 0.477 e. The van der Waals surface area contributed by atoms with E-state index < -0.39 is 5.97 Å². The van der Waals surface area contributed by atoms with E-state index in [9.17, 15) is 4.79 Å². The fourth-order valence-electron chi connectivity index (χ4n) is 1.34. The second-order valence-corrected chi connectivity index (χ2v) is 6.28. The van der Waals surface area contributed by atoms with Crippen LogP contribution in [0, 0.1) is 5.92 Å². The second-order valence-electron chi connectivity index (χ2n) is 3.92. The third kappa shape index (κ3) is 3.79. The molecule has 0 fully saturated rings. The number of aromatic nitrogens is 1. The van der Waals surface area contributed by atoms with E-state index in [0.717, 1.165) is 28.6 Å². The number of thioether (sulfide) groups is 1. The van der Waals surface area contributed by atoms with Gasteiger partial charge in [0.15, 0.2) is 0 Å². The van der Waals surface area contributed by atoms with Gasteiger partial charge < -0.3 is 5.11 Å². The normalized spacial score (nSPS) is 11.0. The number of aromatic carboxylic acids is 1. The van der Waals surface area contributed by atoms with Crippen molar-refractivity contribution in [2.75, 3.05) is 5.75 Å². The highest BCUT2D eigenvalue weighted by Gasteiger charge is 2.17. The molecule has 0 spiro atoms. The topological polar surface area (TPSA) is 50.2 Å². The minimum atomic E-state index is -0.846. The van der Waals surface area contributed by atoms with E-state index in [1.807, 2.05) is 0 Å². The summed E-state index contributed by atoms with van der Waals surface area (Å²) in [7, 11) is 0. The molecule has 1 N–H and O–H groups in total. The molecule has 0 aromatic carbocycles. The SMILES string of the molecule is CCSCc1nc(CC(C)C)c(C(=O)O)s1. The molecule has 3 nitrogen and oxygen atoms in total. The summed E-state index contributed by atoms with van der Waals surface area (Å²) in [4.78, 5) is 15.9. The zero-order valence-electron chi connectivity index (χ0n) is 9.82. The minimum Gasteiger partial charge on any atom is -0.477 e. The molecule has 0 radical (unpaired) electrons. The standard InChI is InChI=1S/C11H17NO2S2/c1-4-15-6-9-12-8(5-7(2)3)10(16-9)11(13)14/h7H,4-6H2,1-3H3,(H,13,14). The van der Waals surface area contributed by atoms with Crippen molar-refractivity contribution in [3.63, 3.8) is 0 Å². The van der Waals surface area contributed by atoms with Crippen LogP contribution < -0.4 is 0 Å². The molecule has 0 aliphatic rings. The minimum absolute atomic E-state index is 0.417. The third-order valence-electron chi connectivity index (χ3n) is 1.97. The van der Waals surface area contributed by atoms with Gasteiger partial charge in [0.2, 0.25) is 0 Å². The van der Waals surface area contributed by atoms with Crippen molar-refractivity contribution in [3.05, 3.63) is 15.6 Å². The Bertz CT molecular complexity index is 361. The van der Waals surface area contributed by atoms with E-state index in [0.29, 0.717) is 10.8 Å². The molecule has 1 aromatic rings.